The van der Waals surface area contributed by atoms with Crippen molar-refractivity contribution in [3.63, 3.8) is 0 Å². The Bertz CT molecular complexity index is 327. The van der Waals surface area contributed by atoms with E-state index in [0.717, 1.165) is 44.3 Å². The van der Waals surface area contributed by atoms with Gasteiger partial charge >= 0.3 is 0 Å². The van der Waals surface area contributed by atoms with Gasteiger partial charge in [-0.05, 0) is 37.9 Å². The zero-order valence-corrected chi connectivity index (χ0v) is 10.7. The van der Waals surface area contributed by atoms with Gasteiger partial charge in [-0.15, -0.1) is 12.3 Å². The summed E-state index contributed by atoms with van der Waals surface area (Å²) in [6, 6.07) is 6.58. The minimum absolute atomic E-state index is 0.498. The summed E-state index contributed by atoms with van der Waals surface area (Å²) in [5.41, 5.74) is 1.15. The Morgan fingerprint density at radius 3 is 3.00 bits per heavy atom. The van der Waals surface area contributed by atoms with Crippen LogP contribution in [0, 0.1) is 12.3 Å². The first-order valence-corrected chi connectivity index (χ1v) is 6.43. The molecule has 1 aromatic rings. The van der Waals surface area contributed by atoms with Gasteiger partial charge < -0.3 is 5.32 Å². The second-order valence-electron chi connectivity index (χ2n) is 4.27. The number of rotatable bonds is 8. The van der Waals surface area contributed by atoms with Gasteiger partial charge in [0.1, 0.15) is 0 Å². The van der Waals surface area contributed by atoms with Gasteiger partial charge in [-0.1, -0.05) is 13.0 Å². The predicted molar refractivity (Wildman–Crippen MR) is 72.7 cm³/mol. The molecule has 0 aliphatic rings. The SMILES string of the molecule is C#CCCCC(Cc1ccccn1)NCCC. The van der Waals surface area contributed by atoms with Crippen LogP contribution in [0.2, 0.25) is 0 Å². The number of aromatic nitrogens is 1. The molecule has 0 fully saturated rings. The fourth-order valence-electron chi connectivity index (χ4n) is 1.85. The maximum absolute atomic E-state index is 5.28. The van der Waals surface area contributed by atoms with Crippen LogP contribution < -0.4 is 5.32 Å². The van der Waals surface area contributed by atoms with Crippen LogP contribution >= 0.6 is 0 Å². The third kappa shape index (κ3) is 6.09. The standard InChI is InChI=1S/C15H22N2/c1-3-5-6-9-14(16-11-4-2)13-15-10-7-8-12-17-15/h1,7-8,10,12,14,16H,4-6,9,11,13H2,2H3. The Morgan fingerprint density at radius 1 is 1.47 bits per heavy atom. The van der Waals surface area contributed by atoms with E-state index in [4.69, 9.17) is 6.42 Å². The molecule has 17 heavy (non-hydrogen) atoms. The minimum Gasteiger partial charge on any atom is -0.314 e. The van der Waals surface area contributed by atoms with Crippen molar-refractivity contribution in [3.05, 3.63) is 30.1 Å². The van der Waals surface area contributed by atoms with E-state index in [1.54, 1.807) is 0 Å². The van der Waals surface area contributed by atoms with Gasteiger partial charge in [0, 0.05) is 30.8 Å². The topological polar surface area (TPSA) is 24.9 Å². The van der Waals surface area contributed by atoms with E-state index < -0.39 is 0 Å². The van der Waals surface area contributed by atoms with Crippen LogP contribution in [0.15, 0.2) is 24.4 Å². The highest BCUT2D eigenvalue weighted by Crippen LogP contribution is 2.07. The molecule has 1 rings (SSSR count). The first-order chi connectivity index (χ1) is 8.36. The molecule has 92 valence electrons. The molecule has 0 bridgehead atoms. The molecular weight excluding hydrogens is 208 g/mol. The number of pyridine rings is 1. The number of nitrogens with one attached hydrogen (secondary N) is 1. The molecule has 1 N–H and O–H groups in total. The number of hydrogen-bond donors (Lipinski definition) is 1. The van der Waals surface area contributed by atoms with Crippen LogP contribution in [0.3, 0.4) is 0 Å². The monoisotopic (exact) mass is 230 g/mol. The average molecular weight is 230 g/mol. The van der Waals surface area contributed by atoms with Crippen molar-refractivity contribution in [1.29, 1.82) is 0 Å². The van der Waals surface area contributed by atoms with Crippen LogP contribution in [0.1, 0.15) is 38.3 Å². The molecule has 0 radical (unpaired) electrons. The molecule has 0 aromatic carbocycles. The zero-order valence-electron chi connectivity index (χ0n) is 10.7. The van der Waals surface area contributed by atoms with E-state index in [9.17, 15) is 0 Å². The van der Waals surface area contributed by atoms with Crippen LogP contribution in [-0.2, 0) is 6.42 Å². The van der Waals surface area contributed by atoms with Gasteiger partial charge in [0.05, 0.1) is 0 Å². The Morgan fingerprint density at radius 2 is 2.35 bits per heavy atom. The number of nitrogens with zero attached hydrogens (tertiary/aromatic N) is 1. The summed E-state index contributed by atoms with van der Waals surface area (Å²) in [5.74, 6) is 2.70. The molecule has 0 saturated heterocycles. The van der Waals surface area contributed by atoms with Gasteiger partial charge in [-0.3, -0.25) is 4.98 Å². The van der Waals surface area contributed by atoms with Crippen molar-refractivity contribution in [3.8, 4) is 12.3 Å². The quantitative estimate of drug-likeness (QED) is 0.548. The summed E-state index contributed by atoms with van der Waals surface area (Å²) in [4.78, 5) is 4.37. The minimum atomic E-state index is 0.498. The molecule has 0 amide bonds. The molecule has 1 atom stereocenters. The lowest BCUT2D eigenvalue weighted by atomic mass is 10.0. The van der Waals surface area contributed by atoms with E-state index in [1.807, 2.05) is 18.3 Å². The highest BCUT2D eigenvalue weighted by atomic mass is 14.9. The number of hydrogen-bond acceptors (Lipinski definition) is 2. The van der Waals surface area contributed by atoms with Gasteiger partial charge in [0.15, 0.2) is 0 Å². The predicted octanol–water partition coefficient (Wildman–Crippen LogP) is 2.80. The van der Waals surface area contributed by atoms with Crippen molar-refractivity contribution in [2.75, 3.05) is 6.54 Å². The van der Waals surface area contributed by atoms with Crippen LogP contribution in [0.4, 0.5) is 0 Å². The summed E-state index contributed by atoms with van der Waals surface area (Å²) in [6.07, 6.45) is 12.4. The Hall–Kier alpha value is -1.33. The average Bonchev–Trinajstić information content (AvgIpc) is 2.37. The van der Waals surface area contributed by atoms with Crippen molar-refractivity contribution in [2.45, 2.75) is 45.1 Å². The van der Waals surface area contributed by atoms with Crippen LogP contribution in [0.5, 0.6) is 0 Å². The highest BCUT2D eigenvalue weighted by molar-refractivity contribution is 5.05. The molecule has 2 heteroatoms. The number of terminal acetylenes is 1. The molecule has 0 saturated carbocycles. The molecule has 2 nitrogen and oxygen atoms in total. The van der Waals surface area contributed by atoms with E-state index in [0.29, 0.717) is 6.04 Å². The van der Waals surface area contributed by atoms with E-state index in [1.165, 1.54) is 0 Å². The lowest BCUT2D eigenvalue weighted by Gasteiger charge is -2.17. The molecule has 0 spiro atoms. The van der Waals surface area contributed by atoms with Crippen molar-refractivity contribution >= 4 is 0 Å². The summed E-state index contributed by atoms with van der Waals surface area (Å²) >= 11 is 0. The second kappa shape index (κ2) is 8.78. The smallest absolute Gasteiger partial charge is 0.0419 e. The summed E-state index contributed by atoms with van der Waals surface area (Å²) < 4.78 is 0. The normalized spacial score (nSPS) is 12.0. The molecule has 1 aromatic heterocycles. The third-order valence-corrected chi connectivity index (χ3v) is 2.74. The molecule has 0 aliphatic carbocycles. The van der Waals surface area contributed by atoms with Crippen molar-refractivity contribution in [2.24, 2.45) is 0 Å². The van der Waals surface area contributed by atoms with Gasteiger partial charge in [-0.2, -0.15) is 0 Å². The van der Waals surface area contributed by atoms with Gasteiger partial charge in [0.25, 0.3) is 0 Å². The van der Waals surface area contributed by atoms with Crippen molar-refractivity contribution in [1.82, 2.24) is 10.3 Å². The van der Waals surface area contributed by atoms with Crippen LogP contribution in [-0.4, -0.2) is 17.6 Å². The fourth-order valence-corrected chi connectivity index (χ4v) is 1.85. The zero-order chi connectivity index (χ0) is 12.3. The molecule has 1 unspecified atom stereocenters. The first-order valence-electron chi connectivity index (χ1n) is 6.43. The van der Waals surface area contributed by atoms with Crippen LogP contribution in [0.25, 0.3) is 0 Å². The van der Waals surface area contributed by atoms with E-state index >= 15 is 0 Å². The summed E-state index contributed by atoms with van der Waals surface area (Å²) in [5, 5.41) is 3.57. The Balaban J connectivity index is 2.42. The number of unbranched alkanes of at least 4 members (excludes halogenated alkanes) is 1. The second-order valence-corrected chi connectivity index (χ2v) is 4.27. The third-order valence-electron chi connectivity index (χ3n) is 2.74. The highest BCUT2D eigenvalue weighted by Gasteiger charge is 2.08. The maximum Gasteiger partial charge on any atom is 0.0419 e. The molecule has 1 heterocycles. The summed E-state index contributed by atoms with van der Waals surface area (Å²) in [6.45, 7) is 3.25. The fraction of sp³-hybridized carbons (Fsp3) is 0.533. The van der Waals surface area contributed by atoms with Crippen molar-refractivity contribution < 1.29 is 0 Å². The molecule has 0 aliphatic heterocycles. The lowest BCUT2D eigenvalue weighted by Crippen LogP contribution is -2.32. The first kappa shape index (κ1) is 13.7. The van der Waals surface area contributed by atoms with E-state index in [2.05, 4.69) is 29.2 Å². The maximum atomic E-state index is 5.28. The Labute approximate surface area is 105 Å². The lowest BCUT2D eigenvalue weighted by molar-refractivity contribution is 0.464. The molecular formula is C15H22N2. The van der Waals surface area contributed by atoms with Gasteiger partial charge in [0.2, 0.25) is 0 Å². The summed E-state index contributed by atoms with van der Waals surface area (Å²) in [7, 11) is 0. The van der Waals surface area contributed by atoms with E-state index in [-0.39, 0.29) is 0 Å². The Kier molecular flexibility index (Phi) is 7.09. The van der Waals surface area contributed by atoms with Gasteiger partial charge in [-0.25, -0.2) is 0 Å². The largest absolute Gasteiger partial charge is 0.314 e.